The van der Waals surface area contributed by atoms with Gasteiger partial charge in [0.1, 0.15) is 5.82 Å². The number of nitrogens with zero attached hydrogens (tertiary/aromatic N) is 2. The highest BCUT2D eigenvalue weighted by atomic mass is 16.5. The zero-order valence-electron chi connectivity index (χ0n) is 12.0. The average Bonchev–Trinajstić information content (AvgIpc) is 2.48. The van der Waals surface area contributed by atoms with E-state index in [0.29, 0.717) is 6.10 Å². The molecular weight excluding hydrogens is 238 g/mol. The summed E-state index contributed by atoms with van der Waals surface area (Å²) in [4.78, 5) is 6.88. The van der Waals surface area contributed by atoms with E-state index in [0.717, 1.165) is 38.2 Å². The quantitative estimate of drug-likeness (QED) is 0.882. The molecule has 106 valence electrons. The van der Waals surface area contributed by atoms with Gasteiger partial charge in [-0.2, -0.15) is 0 Å². The minimum absolute atomic E-state index is 0.237. The summed E-state index contributed by atoms with van der Waals surface area (Å²) in [6.45, 7) is 4.13. The third-order valence-corrected chi connectivity index (χ3v) is 3.87. The molecule has 1 saturated heterocycles. The molecule has 1 aromatic heterocycles. The third-order valence-electron chi connectivity index (χ3n) is 3.87. The van der Waals surface area contributed by atoms with Gasteiger partial charge in [-0.25, -0.2) is 4.98 Å². The summed E-state index contributed by atoms with van der Waals surface area (Å²) in [7, 11) is 1.79. The Morgan fingerprint density at radius 1 is 1.53 bits per heavy atom. The summed E-state index contributed by atoms with van der Waals surface area (Å²) >= 11 is 0. The van der Waals surface area contributed by atoms with Crippen molar-refractivity contribution in [3.8, 4) is 0 Å². The Balaban J connectivity index is 1.97. The summed E-state index contributed by atoms with van der Waals surface area (Å²) in [5.74, 6) is 1.05. The number of pyridine rings is 1. The van der Waals surface area contributed by atoms with Crippen molar-refractivity contribution in [2.45, 2.75) is 44.8 Å². The highest BCUT2D eigenvalue weighted by Crippen LogP contribution is 2.19. The number of hydrogen-bond donors (Lipinski definition) is 1. The lowest BCUT2D eigenvalue weighted by atomic mass is 10.1. The molecule has 2 rings (SSSR count). The van der Waals surface area contributed by atoms with Gasteiger partial charge in [0.15, 0.2) is 0 Å². The number of rotatable bonds is 5. The van der Waals surface area contributed by atoms with E-state index in [1.54, 1.807) is 7.11 Å². The lowest BCUT2D eigenvalue weighted by Gasteiger charge is -2.32. The van der Waals surface area contributed by atoms with Gasteiger partial charge in [-0.1, -0.05) is 13.0 Å². The first-order chi connectivity index (χ1) is 9.22. The Morgan fingerprint density at radius 2 is 2.37 bits per heavy atom. The Kier molecular flexibility index (Phi) is 5.16. The number of anilines is 1. The van der Waals surface area contributed by atoms with Gasteiger partial charge in [0, 0.05) is 32.4 Å². The molecule has 2 heterocycles. The van der Waals surface area contributed by atoms with E-state index in [1.807, 2.05) is 6.20 Å². The normalized spacial score (nSPS) is 21.4. The first-order valence-electron chi connectivity index (χ1n) is 7.21. The second-order valence-electron chi connectivity index (χ2n) is 5.34. The van der Waals surface area contributed by atoms with Gasteiger partial charge in [-0.05, 0) is 37.3 Å². The molecule has 19 heavy (non-hydrogen) atoms. The number of nitrogens with two attached hydrogens (primary N) is 1. The van der Waals surface area contributed by atoms with E-state index < -0.39 is 0 Å². The molecule has 4 heteroatoms. The van der Waals surface area contributed by atoms with Crippen LogP contribution in [0.4, 0.5) is 5.82 Å². The van der Waals surface area contributed by atoms with Gasteiger partial charge < -0.3 is 15.4 Å². The van der Waals surface area contributed by atoms with Gasteiger partial charge in [0.25, 0.3) is 0 Å². The smallest absolute Gasteiger partial charge is 0.128 e. The fraction of sp³-hybridized carbons (Fsp3) is 0.667. The van der Waals surface area contributed by atoms with Crippen molar-refractivity contribution in [2.24, 2.45) is 5.73 Å². The zero-order chi connectivity index (χ0) is 13.7. The largest absolute Gasteiger partial charge is 0.380 e. The summed E-state index contributed by atoms with van der Waals surface area (Å²) in [5, 5.41) is 0. The molecule has 0 saturated carbocycles. The van der Waals surface area contributed by atoms with E-state index in [1.165, 1.54) is 12.0 Å². The first-order valence-corrected chi connectivity index (χ1v) is 7.21. The van der Waals surface area contributed by atoms with Crippen LogP contribution in [0.5, 0.6) is 0 Å². The highest BCUT2D eigenvalue weighted by molar-refractivity contribution is 5.40. The van der Waals surface area contributed by atoms with E-state index >= 15 is 0 Å². The first kappa shape index (κ1) is 14.3. The molecule has 1 aromatic rings. The van der Waals surface area contributed by atoms with Crippen molar-refractivity contribution in [1.82, 2.24) is 4.98 Å². The van der Waals surface area contributed by atoms with Crippen LogP contribution in [0, 0.1) is 0 Å². The maximum absolute atomic E-state index is 5.97. The van der Waals surface area contributed by atoms with Crippen molar-refractivity contribution in [3.05, 3.63) is 23.9 Å². The summed E-state index contributed by atoms with van der Waals surface area (Å²) in [5.41, 5.74) is 7.19. The number of methoxy groups -OCH3 is 1. The van der Waals surface area contributed by atoms with Gasteiger partial charge >= 0.3 is 0 Å². The Hall–Kier alpha value is -1.13. The summed E-state index contributed by atoms with van der Waals surface area (Å²) in [6.07, 6.45) is 6.53. The van der Waals surface area contributed by atoms with Gasteiger partial charge in [0.05, 0.1) is 6.10 Å². The van der Waals surface area contributed by atoms with Crippen molar-refractivity contribution < 1.29 is 4.74 Å². The van der Waals surface area contributed by atoms with Crippen LogP contribution in [0.25, 0.3) is 0 Å². The summed E-state index contributed by atoms with van der Waals surface area (Å²) in [6, 6.07) is 4.49. The Bertz CT molecular complexity index is 379. The molecule has 0 bridgehead atoms. The van der Waals surface area contributed by atoms with Crippen LogP contribution in [0.2, 0.25) is 0 Å². The topological polar surface area (TPSA) is 51.4 Å². The number of piperidine rings is 1. The standard InChI is InChI=1S/C15H25N3O/c1-3-13(16)9-12-6-7-15(17-10-12)18-8-4-5-14(11-18)19-2/h6-7,10,13-14H,3-5,8-9,11,16H2,1-2H3. The molecule has 1 fully saturated rings. The van der Waals surface area contributed by atoms with E-state index in [4.69, 9.17) is 10.5 Å². The van der Waals surface area contributed by atoms with Crippen LogP contribution >= 0.6 is 0 Å². The molecule has 0 aromatic carbocycles. The average molecular weight is 263 g/mol. The molecule has 4 nitrogen and oxygen atoms in total. The second-order valence-corrected chi connectivity index (χ2v) is 5.34. The minimum Gasteiger partial charge on any atom is -0.380 e. The van der Waals surface area contributed by atoms with E-state index in [-0.39, 0.29) is 6.04 Å². The van der Waals surface area contributed by atoms with Crippen LogP contribution in [0.1, 0.15) is 31.7 Å². The van der Waals surface area contributed by atoms with E-state index in [2.05, 4.69) is 28.9 Å². The molecule has 1 aliphatic heterocycles. The minimum atomic E-state index is 0.237. The molecule has 0 aliphatic carbocycles. The van der Waals surface area contributed by atoms with E-state index in [9.17, 15) is 0 Å². The SMILES string of the molecule is CCC(N)Cc1ccc(N2CCCC(OC)C2)nc1. The maximum atomic E-state index is 5.97. The maximum Gasteiger partial charge on any atom is 0.128 e. The molecule has 1 aliphatic rings. The number of aromatic nitrogens is 1. The fourth-order valence-corrected chi connectivity index (χ4v) is 2.51. The van der Waals surface area contributed by atoms with Gasteiger partial charge in [0.2, 0.25) is 0 Å². The predicted octanol–water partition coefficient (Wildman–Crippen LogP) is 1.98. The predicted molar refractivity (Wildman–Crippen MR) is 78.5 cm³/mol. The van der Waals surface area contributed by atoms with Crippen LogP contribution in [0.15, 0.2) is 18.3 Å². The zero-order valence-corrected chi connectivity index (χ0v) is 12.0. The lowest BCUT2D eigenvalue weighted by molar-refractivity contribution is 0.0891. The summed E-state index contributed by atoms with van der Waals surface area (Å²) < 4.78 is 5.45. The van der Waals surface area contributed by atoms with Gasteiger partial charge in [-0.3, -0.25) is 0 Å². The van der Waals surface area contributed by atoms with Crippen molar-refractivity contribution in [2.75, 3.05) is 25.1 Å². The van der Waals surface area contributed by atoms with Crippen LogP contribution in [-0.2, 0) is 11.2 Å². The Labute approximate surface area is 116 Å². The lowest BCUT2D eigenvalue weighted by Crippen LogP contribution is -2.39. The van der Waals surface area contributed by atoms with Crippen molar-refractivity contribution in [3.63, 3.8) is 0 Å². The van der Waals surface area contributed by atoms with Gasteiger partial charge in [-0.15, -0.1) is 0 Å². The van der Waals surface area contributed by atoms with Crippen molar-refractivity contribution >= 4 is 5.82 Å². The fourth-order valence-electron chi connectivity index (χ4n) is 2.51. The van der Waals surface area contributed by atoms with Crippen molar-refractivity contribution in [1.29, 1.82) is 0 Å². The molecule has 0 spiro atoms. The highest BCUT2D eigenvalue weighted by Gasteiger charge is 2.20. The van der Waals surface area contributed by atoms with Crippen LogP contribution < -0.4 is 10.6 Å². The van der Waals surface area contributed by atoms with Crippen LogP contribution in [0.3, 0.4) is 0 Å². The van der Waals surface area contributed by atoms with Crippen LogP contribution in [-0.4, -0.2) is 37.3 Å². The molecular formula is C15H25N3O. The third kappa shape index (κ3) is 3.91. The molecule has 2 atom stereocenters. The number of hydrogen-bond acceptors (Lipinski definition) is 4. The Morgan fingerprint density at radius 3 is 3.00 bits per heavy atom. The number of ether oxygens (including phenoxy) is 1. The molecule has 2 N–H and O–H groups in total. The second kappa shape index (κ2) is 6.87. The molecule has 2 unspecified atom stereocenters. The molecule has 0 radical (unpaired) electrons. The molecule has 0 amide bonds. The monoisotopic (exact) mass is 263 g/mol.